The van der Waals surface area contributed by atoms with Gasteiger partial charge in [-0.25, -0.2) is 0 Å². The highest BCUT2D eigenvalue weighted by Gasteiger charge is 2.25. The van der Waals surface area contributed by atoms with E-state index in [1.807, 2.05) is 7.05 Å². The maximum absolute atomic E-state index is 5.91. The molecule has 0 aromatic carbocycles. The summed E-state index contributed by atoms with van der Waals surface area (Å²) in [6, 6.07) is 0. The van der Waals surface area contributed by atoms with Gasteiger partial charge in [0.25, 0.3) is 0 Å². The number of hydrogen-bond acceptors (Lipinski definition) is 2. The Labute approximate surface area is 82.0 Å². The summed E-state index contributed by atoms with van der Waals surface area (Å²) in [5, 5.41) is 3.19. The largest absolute Gasteiger partial charge is 0.374 e. The van der Waals surface area contributed by atoms with Crippen LogP contribution in [0.15, 0.2) is 0 Å². The molecule has 0 spiro atoms. The van der Waals surface area contributed by atoms with Crippen molar-refractivity contribution in [3.63, 3.8) is 0 Å². The summed E-state index contributed by atoms with van der Waals surface area (Å²) >= 11 is 0. The molecule has 0 saturated heterocycles. The molecule has 0 radical (unpaired) electrons. The first-order chi connectivity index (χ1) is 6.20. The van der Waals surface area contributed by atoms with Gasteiger partial charge in [-0.15, -0.1) is 0 Å². The normalized spacial score (nSPS) is 21.5. The lowest BCUT2D eigenvalue weighted by Gasteiger charge is -2.28. The molecule has 0 aromatic rings. The van der Waals surface area contributed by atoms with Crippen LogP contribution in [0.4, 0.5) is 0 Å². The van der Waals surface area contributed by atoms with Crippen LogP contribution in [-0.2, 0) is 4.74 Å². The summed E-state index contributed by atoms with van der Waals surface area (Å²) in [5.41, 5.74) is 0.0453. The summed E-state index contributed by atoms with van der Waals surface area (Å²) in [5.74, 6) is 0.982. The number of likely N-dealkylation sites (N-methyl/N-ethyl adjacent to an activating group) is 1. The summed E-state index contributed by atoms with van der Waals surface area (Å²) < 4.78 is 5.91. The van der Waals surface area contributed by atoms with Crippen LogP contribution in [0.25, 0.3) is 0 Å². The van der Waals surface area contributed by atoms with Gasteiger partial charge in [-0.3, -0.25) is 0 Å². The van der Waals surface area contributed by atoms with Gasteiger partial charge in [-0.1, -0.05) is 19.8 Å². The summed E-state index contributed by atoms with van der Waals surface area (Å²) in [6.45, 7) is 6.27. The maximum atomic E-state index is 5.91. The Kier molecular flexibility index (Phi) is 4.20. The highest BCUT2D eigenvalue weighted by atomic mass is 16.5. The third-order valence-corrected chi connectivity index (χ3v) is 2.97. The van der Waals surface area contributed by atoms with Crippen LogP contribution in [0.2, 0.25) is 0 Å². The second-order valence-corrected chi connectivity index (χ2v) is 4.41. The van der Waals surface area contributed by atoms with E-state index in [9.17, 15) is 0 Å². The number of ether oxygens (including phenoxy) is 1. The van der Waals surface area contributed by atoms with Crippen molar-refractivity contribution in [2.24, 2.45) is 5.92 Å². The van der Waals surface area contributed by atoms with Crippen LogP contribution < -0.4 is 5.32 Å². The van der Waals surface area contributed by atoms with Crippen molar-refractivity contribution in [3.05, 3.63) is 0 Å². The van der Waals surface area contributed by atoms with Gasteiger partial charge >= 0.3 is 0 Å². The fourth-order valence-electron chi connectivity index (χ4n) is 1.53. The van der Waals surface area contributed by atoms with Crippen molar-refractivity contribution in [2.75, 3.05) is 20.2 Å². The van der Waals surface area contributed by atoms with Gasteiger partial charge in [0.15, 0.2) is 0 Å². The maximum Gasteiger partial charge on any atom is 0.0775 e. The van der Waals surface area contributed by atoms with Gasteiger partial charge < -0.3 is 10.1 Å². The molecular weight excluding hydrogens is 162 g/mol. The number of hydrogen-bond donors (Lipinski definition) is 1. The van der Waals surface area contributed by atoms with E-state index in [0.29, 0.717) is 0 Å². The molecule has 1 aliphatic rings. The Hall–Kier alpha value is -0.0800. The van der Waals surface area contributed by atoms with Gasteiger partial charge in [-0.05, 0) is 32.7 Å². The summed E-state index contributed by atoms with van der Waals surface area (Å²) in [7, 11) is 1.98. The van der Waals surface area contributed by atoms with E-state index in [-0.39, 0.29) is 5.60 Å². The fourth-order valence-corrected chi connectivity index (χ4v) is 1.53. The molecule has 0 aromatic heterocycles. The molecule has 0 heterocycles. The lowest BCUT2D eigenvalue weighted by atomic mass is 10.0. The zero-order chi connectivity index (χ0) is 9.73. The number of rotatable bonds is 7. The lowest BCUT2D eigenvalue weighted by Crippen LogP contribution is -2.38. The molecule has 0 aliphatic heterocycles. The molecule has 1 atom stereocenters. The van der Waals surface area contributed by atoms with Gasteiger partial charge in [0.2, 0.25) is 0 Å². The first kappa shape index (κ1) is 11.0. The molecule has 2 nitrogen and oxygen atoms in total. The van der Waals surface area contributed by atoms with Crippen LogP contribution >= 0.6 is 0 Å². The Bertz CT molecular complexity index is 145. The molecule has 1 fully saturated rings. The first-order valence-corrected chi connectivity index (χ1v) is 5.49. The topological polar surface area (TPSA) is 21.3 Å². The molecule has 2 heteroatoms. The minimum Gasteiger partial charge on any atom is -0.374 e. The molecule has 0 amide bonds. The average molecular weight is 185 g/mol. The summed E-state index contributed by atoms with van der Waals surface area (Å²) in [6.07, 6.45) is 5.20. The molecule has 1 N–H and O–H groups in total. The van der Waals surface area contributed by atoms with Crippen molar-refractivity contribution < 1.29 is 4.74 Å². The molecule has 1 rings (SSSR count). The summed E-state index contributed by atoms with van der Waals surface area (Å²) in [4.78, 5) is 0. The number of nitrogens with one attached hydrogen (secondary N) is 1. The van der Waals surface area contributed by atoms with E-state index in [0.717, 1.165) is 25.5 Å². The van der Waals surface area contributed by atoms with Crippen LogP contribution in [0, 0.1) is 5.92 Å². The predicted molar refractivity (Wildman–Crippen MR) is 55.9 cm³/mol. The van der Waals surface area contributed by atoms with Crippen molar-refractivity contribution in [3.8, 4) is 0 Å². The quantitative estimate of drug-likeness (QED) is 0.656. The second-order valence-electron chi connectivity index (χ2n) is 4.41. The van der Waals surface area contributed by atoms with Crippen LogP contribution in [0.3, 0.4) is 0 Å². The standard InChI is InChI=1S/C11H23NO/c1-4-11(2,9-12-3)13-8-7-10-5-6-10/h10,12H,4-9H2,1-3H3. The molecule has 1 saturated carbocycles. The average Bonchev–Trinajstić information content (AvgIpc) is 2.89. The van der Waals surface area contributed by atoms with Crippen molar-refractivity contribution in [2.45, 2.75) is 45.1 Å². The van der Waals surface area contributed by atoms with E-state index in [1.54, 1.807) is 0 Å². The Morgan fingerprint density at radius 2 is 2.15 bits per heavy atom. The Morgan fingerprint density at radius 1 is 1.46 bits per heavy atom. The molecule has 78 valence electrons. The SMILES string of the molecule is CCC(C)(CNC)OCCC1CC1. The molecule has 1 unspecified atom stereocenters. The fraction of sp³-hybridized carbons (Fsp3) is 1.00. The first-order valence-electron chi connectivity index (χ1n) is 5.49. The van der Waals surface area contributed by atoms with Crippen LogP contribution in [0.1, 0.15) is 39.5 Å². The smallest absolute Gasteiger partial charge is 0.0775 e. The van der Waals surface area contributed by atoms with E-state index < -0.39 is 0 Å². The Morgan fingerprint density at radius 3 is 2.62 bits per heavy atom. The minimum absolute atomic E-state index is 0.0453. The van der Waals surface area contributed by atoms with Crippen molar-refractivity contribution >= 4 is 0 Å². The van der Waals surface area contributed by atoms with Crippen molar-refractivity contribution in [1.82, 2.24) is 5.32 Å². The van der Waals surface area contributed by atoms with Gasteiger partial charge in [0, 0.05) is 13.2 Å². The van der Waals surface area contributed by atoms with E-state index >= 15 is 0 Å². The second kappa shape index (κ2) is 4.97. The highest BCUT2D eigenvalue weighted by Crippen LogP contribution is 2.32. The van der Waals surface area contributed by atoms with Crippen molar-refractivity contribution in [1.29, 1.82) is 0 Å². The zero-order valence-corrected chi connectivity index (χ0v) is 9.23. The third-order valence-electron chi connectivity index (χ3n) is 2.97. The third kappa shape index (κ3) is 4.10. The molecule has 1 aliphatic carbocycles. The minimum atomic E-state index is 0.0453. The van der Waals surface area contributed by atoms with Crippen LogP contribution in [-0.4, -0.2) is 25.8 Å². The van der Waals surface area contributed by atoms with Crippen LogP contribution in [0.5, 0.6) is 0 Å². The predicted octanol–water partition coefficient (Wildman–Crippen LogP) is 2.19. The molecule has 13 heavy (non-hydrogen) atoms. The van der Waals surface area contributed by atoms with Gasteiger partial charge in [0.05, 0.1) is 5.60 Å². The Balaban J connectivity index is 2.12. The zero-order valence-electron chi connectivity index (χ0n) is 9.23. The van der Waals surface area contributed by atoms with Gasteiger partial charge in [0.1, 0.15) is 0 Å². The van der Waals surface area contributed by atoms with E-state index in [2.05, 4.69) is 19.2 Å². The van der Waals surface area contributed by atoms with E-state index in [4.69, 9.17) is 4.74 Å². The lowest BCUT2D eigenvalue weighted by molar-refractivity contribution is -0.0344. The molecular formula is C11H23NO. The molecule has 0 bridgehead atoms. The van der Waals surface area contributed by atoms with Gasteiger partial charge in [-0.2, -0.15) is 0 Å². The highest BCUT2D eigenvalue weighted by molar-refractivity contribution is 4.77. The monoisotopic (exact) mass is 185 g/mol. The van der Waals surface area contributed by atoms with E-state index in [1.165, 1.54) is 19.3 Å².